The Bertz CT molecular complexity index is 635. The molecule has 0 atom stereocenters. The summed E-state index contributed by atoms with van der Waals surface area (Å²) in [5.74, 6) is 1.19. The van der Waals surface area contributed by atoms with Crippen LogP contribution in [0.2, 0.25) is 0 Å². The SMILES string of the molecule is O=C(Cc1ccc2c(c1)OCO2)N/N=C\c1ccc[nH]1. The number of ether oxygens (including phenoxy) is 2. The molecule has 20 heavy (non-hydrogen) atoms. The highest BCUT2D eigenvalue weighted by Crippen LogP contribution is 2.32. The number of aromatic nitrogens is 1. The molecule has 0 aliphatic carbocycles. The summed E-state index contributed by atoms with van der Waals surface area (Å²) >= 11 is 0. The largest absolute Gasteiger partial charge is 0.454 e. The number of nitrogens with zero attached hydrogens (tertiary/aromatic N) is 1. The summed E-state index contributed by atoms with van der Waals surface area (Å²) in [4.78, 5) is 14.7. The van der Waals surface area contributed by atoms with Crippen molar-refractivity contribution in [2.45, 2.75) is 6.42 Å². The molecule has 0 fully saturated rings. The Hall–Kier alpha value is -2.76. The molecule has 0 bridgehead atoms. The average molecular weight is 271 g/mol. The van der Waals surface area contributed by atoms with E-state index >= 15 is 0 Å². The van der Waals surface area contributed by atoms with Crippen LogP contribution in [-0.4, -0.2) is 23.9 Å². The van der Waals surface area contributed by atoms with Gasteiger partial charge in [-0.3, -0.25) is 4.79 Å². The molecule has 2 N–H and O–H groups in total. The molecule has 3 rings (SSSR count). The number of hydrogen-bond donors (Lipinski definition) is 2. The third-order valence-corrected chi connectivity index (χ3v) is 2.82. The fourth-order valence-corrected chi connectivity index (χ4v) is 1.87. The van der Waals surface area contributed by atoms with Gasteiger partial charge in [-0.1, -0.05) is 6.07 Å². The molecule has 1 aromatic heterocycles. The van der Waals surface area contributed by atoms with Crippen LogP contribution in [0.25, 0.3) is 0 Å². The Labute approximate surface area is 115 Å². The lowest BCUT2D eigenvalue weighted by atomic mass is 10.1. The minimum absolute atomic E-state index is 0.188. The summed E-state index contributed by atoms with van der Waals surface area (Å²) in [5, 5.41) is 3.87. The molecule has 2 aromatic rings. The molecule has 6 heteroatoms. The van der Waals surface area contributed by atoms with Gasteiger partial charge in [0.15, 0.2) is 11.5 Å². The normalized spacial score (nSPS) is 12.8. The molecule has 2 heterocycles. The molecule has 0 saturated carbocycles. The first-order chi connectivity index (χ1) is 9.81. The van der Waals surface area contributed by atoms with Crippen molar-refractivity contribution in [3.8, 4) is 11.5 Å². The number of carbonyl (C=O) groups is 1. The molecule has 1 aliphatic rings. The summed E-state index contributed by atoms with van der Waals surface area (Å²) in [6.45, 7) is 0.228. The van der Waals surface area contributed by atoms with Crippen molar-refractivity contribution in [2.75, 3.05) is 6.79 Å². The molecular weight excluding hydrogens is 258 g/mol. The van der Waals surface area contributed by atoms with Gasteiger partial charge in [0, 0.05) is 6.20 Å². The van der Waals surface area contributed by atoms with Gasteiger partial charge in [0.1, 0.15) is 0 Å². The number of aromatic amines is 1. The van der Waals surface area contributed by atoms with E-state index in [4.69, 9.17) is 9.47 Å². The zero-order valence-corrected chi connectivity index (χ0v) is 10.6. The van der Waals surface area contributed by atoms with E-state index in [1.165, 1.54) is 0 Å². The molecule has 1 aliphatic heterocycles. The lowest BCUT2D eigenvalue weighted by Gasteiger charge is -2.02. The second kappa shape index (κ2) is 5.48. The fraction of sp³-hybridized carbons (Fsp3) is 0.143. The van der Waals surface area contributed by atoms with Gasteiger partial charge in [-0.25, -0.2) is 5.43 Å². The van der Waals surface area contributed by atoms with Crippen LogP contribution in [-0.2, 0) is 11.2 Å². The van der Waals surface area contributed by atoms with Crippen molar-refractivity contribution < 1.29 is 14.3 Å². The third-order valence-electron chi connectivity index (χ3n) is 2.82. The molecule has 1 amide bonds. The molecule has 0 saturated heterocycles. The zero-order valence-electron chi connectivity index (χ0n) is 10.6. The van der Waals surface area contributed by atoms with Gasteiger partial charge in [-0.15, -0.1) is 0 Å². The first-order valence-electron chi connectivity index (χ1n) is 6.15. The Morgan fingerprint density at radius 1 is 1.35 bits per heavy atom. The van der Waals surface area contributed by atoms with Crippen LogP contribution in [0.3, 0.4) is 0 Å². The highest BCUT2D eigenvalue weighted by atomic mass is 16.7. The Kier molecular flexibility index (Phi) is 3.36. The standard InChI is InChI=1S/C14H13N3O3/c18-14(17-16-8-11-2-1-5-15-11)7-10-3-4-12-13(6-10)20-9-19-12/h1-6,8,15H,7,9H2,(H,17,18)/b16-8-. The van der Waals surface area contributed by atoms with E-state index in [-0.39, 0.29) is 19.1 Å². The molecule has 102 valence electrons. The highest BCUT2D eigenvalue weighted by Gasteiger charge is 2.14. The van der Waals surface area contributed by atoms with Crippen LogP contribution in [0.4, 0.5) is 0 Å². The summed E-state index contributed by atoms with van der Waals surface area (Å²) in [7, 11) is 0. The zero-order chi connectivity index (χ0) is 13.8. The highest BCUT2D eigenvalue weighted by molar-refractivity contribution is 5.82. The Morgan fingerprint density at radius 2 is 2.25 bits per heavy atom. The van der Waals surface area contributed by atoms with Crippen molar-refractivity contribution in [1.82, 2.24) is 10.4 Å². The number of amides is 1. The second-order valence-electron chi connectivity index (χ2n) is 4.28. The smallest absolute Gasteiger partial charge is 0.244 e. The number of rotatable bonds is 4. The number of H-pyrrole nitrogens is 1. The number of fused-ring (bicyclic) bond motifs is 1. The minimum atomic E-state index is -0.188. The number of nitrogens with one attached hydrogen (secondary N) is 2. The third kappa shape index (κ3) is 2.80. The predicted octanol–water partition coefficient (Wildman–Crippen LogP) is 1.44. The van der Waals surface area contributed by atoms with Crippen molar-refractivity contribution in [3.63, 3.8) is 0 Å². The number of carbonyl (C=O) groups excluding carboxylic acids is 1. The molecule has 1 aromatic carbocycles. The first kappa shape index (κ1) is 12.3. The number of benzene rings is 1. The van der Waals surface area contributed by atoms with Gasteiger partial charge in [0.2, 0.25) is 12.7 Å². The van der Waals surface area contributed by atoms with Crippen molar-refractivity contribution in [1.29, 1.82) is 0 Å². The van der Waals surface area contributed by atoms with Gasteiger partial charge in [-0.05, 0) is 29.8 Å². The molecule has 0 radical (unpaired) electrons. The summed E-state index contributed by atoms with van der Waals surface area (Å²) in [6.07, 6.45) is 3.58. The predicted molar refractivity (Wildman–Crippen MR) is 72.8 cm³/mol. The lowest BCUT2D eigenvalue weighted by molar-refractivity contribution is -0.120. The van der Waals surface area contributed by atoms with Gasteiger partial charge in [0.05, 0.1) is 18.3 Å². The van der Waals surface area contributed by atoms with Crippen LogP contribution in [0.1, 0.15) is 11.3 Å². The molecule has 6 nitrogen and oxygen atoms in total. The maximum atomic E-state index is 11.7. The monoisotopic (exact) mass is 271 g/mol. The summed E-state index contributed by atoms with van der Waals surface area (Å²) in [6, 6.07) is 9.15. The molecule has 0 unspecified atom stereocenters. The van der Waals surface area contributed by atoms with Crippen LogP contribution in [0, 0.1) is 0 Å². The fourth-order valence-electron chi connectivity index (χ4n) is 1.87. The van der Waals surface area contributed by atoms with Gasteiger partial charge in [-0.2, -0.15) is 5.10 Å². The minimum Gasteiger partial charge on any atom is -0.454 e. The Morgan fingerprint density at radius 3 is 3.10 bits per heavy atom. The maximum Gasteiger partial charge on any atom is 0.244 e. The van der Waals surface area contributed by atoms with E-state index in [2.05, 4.69) is 15.5 Å². The quantitative estimate of drug-likeness (QED) is 0.652. The van der Waals surface area contributed by atoms with Crippen LogP contribution in [0.5, 0.6) is 11.5 Å². The van der Waals surface area contributed by atoms with E-state index in [1.54, 1.807) is 24.5 Å². The average Bonchev–Trinajstić information content (AvgIpc) is 3.08. The topological polar surface area (TPSA) is 75.7 Å². The summed E-state index contributed by atoms with van der Waals surface area (Å²) in [5.41, 5.74) is 4.15. The number of hydrazone groups is 1. The van der Waals surface area contributed by atoms with E-state index in [0.717, 1.165) is 11.3 Å². The van der Waals surface area contributed by atoms with Gasteiger partial charge in [0.25, 0.3) is 0 Å². The molecular formula is C14H13N3O3. The van der Waals surface area contributed by atoms with Gasteiger partial charge < -0.3 is 14.5 Å². The number of hydrogen-bond acceptors (Lipinski definition) is 4. The maximum absolute atomic E-state index is 11.7. The van der Waals surface area contributed by atoms with Gasteiger partial charge >= 0.3 is 0 Å². The summed E-state index contributed by atoms with van der Waals surface area (Å²) < 4.78 is 10.5. The van der Waals surface area contributed by atoms with Crippen molar-refractivity contribution >= 4 is 12.1 Å². The Balaban J connectivity index is 1.56. The molecule has 0 spiro atoms. The van der Waals surface area contributed by atoms with Crippen LogP contribution < -0.4 is 14.9 Å². The van der Waals surface area contributed by atoms with E-state index in [1.807, 2.05) is 18.2 Å². The van der Waals surface area contributed by atoms with E-state index < -0.39 is 0 Å². The van der Waals surface area contributed by atoms with Crippen molar-refractivity contribution in [3.05, 3.63) is 47.8 Å². The first-order valence-corrected chi connectivity index (χ1v) is 6.15. The second-order valence-corrected chi connectivity index (χ2v) is 4.28. The van der Waals surface area contributed by atoms with Crippen molar-refractivity contribution in [2.24, 2.45) is 5.10 Å². The van der Waals surface area contributed by atoms with Crippen LogP contribution in [0.15, 0.2) is 41.6 Å². The van der Waals surface area contributed by atoms with E-state index in [9.17, 15) is 4.79 Å². The van der Waals surface area contributed by atoms with Crippen LogP contribution >= 0.6 is 0 Å². The lowest BCUT2D eigenvalue weighted by Crippen LogP contribution is -2.19. The van der Waals surface area contributed by atoms with E-state index in [0.29, 0.717) is 11.5 Å².